The Labute approximate surface area is 197 Å². The van der Waals surface area contributed by atoms with Gasteiger partial charge in [-0.05, 0) is 31.2 Å². The van der Waals surface area contributed by atoms with Crippen LogP contribution in [0, 0.1) is 5.82 Å². The van der Waals surface area contributed by atoms with Crippen LogP contribution in [0.3, 0.4) is 0 Å². The van der Waals surface area contributed by atoms with Crippen LogP contribution < -0.4 is 11.2 Å². The summed E-state index contributed by atoms with van der Waals surface area (Å²) in [4.78, 5) is 41.2. The van der Waals surface area contributed by atoms with E-state index in [9.17, 15) is 31.9 Å². The monoisotopic (exact) mass is 519 g/mol. The molecule has 0 N–H and O–H groups in total. The average molecular weight is 520 g/mol. The molecule has 0 spiro atoms. The van der Waals surface area contributed by atoms with Gasteiger partial charge in [0.25, 0.3) is 5.56 Å². The van der Waals surface area contributed by atoms with E-state index in [0.717, 1.165) is 30.9 Å². The van der Waals surface area contributed by atoms with Gasteiger partial charge in [-0.15, -0.1) is 0 Å². The van der Waals surface area contributed by atoms with E-state index in [0.29, 0.717) is 14.5 Å². The summed E-state index contributed by atoms with van der Waals surface area (Å²) in [6.07, 6.45) is -3.42. The molecule has 0 aliphatic rings. The molecule has 0 saturated heterocycles. The van der Waals surface area contributed by atoms with Crippen molar-refractivity contribution < 1.29 is 22.4 Å². The number of carbonyl (C=O) groups excluding carboxylic acids is 1. The Morgan fingerprint density at radius 2 is 1.88 bits per heavy atom. The summed E-state index contributed by atoms with van der Waals surface area (Å²) in [6, 6.07) is 5.50. The van der Waals surface area contributed by atoms with Crippen LogP contribution >= 0.6 is 35.1 Å². The van der Waals surface area contributed by atoms with Crippen LogP contribution in [-0.4, -0.2) is 25.7 Å². The Balaban J connectivity index is 2.12. The number of rotatable bonds is 6. The van der Waals surface area contributed by atoms with E-state index in [2.05, 4.69) is 4.98 Å². The van der Waals surface area contributed by atoms with Crippen molar-refractivity contribution in [2.24, 2.45) is 7.05 Å². The minimum absolute atomic E-state index is 0.0515. The molecule has 2 heterocycles. The molecule has 0 atom stereocenters. The van der Waals surface area contributed by atoms with Crippen molar-refractivity contribution >= 4 is 40.9 Å². The van der Waals surface area contributed by atoms with Gasteiger partial charge in [0.15, 0.2) is 0 Å². The number of aromatic nitrogens is 3. The zero-order valence-corrected chi connectivity index (χ0v) is 19.3. The highest BCUT2D eigenvalue weighted by atomic mass is 35.5. The molecule has 33 heavy (non-hydrogen) atoms. The largest absolute Gasteiger partial charge is 0.431 e. The van der Waals surface area contributed by atoms with Gasteiger partial charge in [-0.2, -0.15) is 13.2 Å². The lowest BCUT2D eigenvalue weighted by atomic mass is 10.3. The van der Waals surface area contributed by atoms with E-state index in [1.807, 2.05) is 0 Å². The highest BCUT2D eigenvalue weighted by Crippen LogP contribution is 2.39. The first-order valence-electron chi connectivity index (χ1n) is 9.05. The fourth-order valence-corrected chi connectivity index (χ4v) is 4.84. The van der Waals surface area contributed by atoms with Crippen LogP contribution in [0.4, 0.5) is 17.6 Å². The van der Waals surface area contributed by atoms with E-state index in [1.165, 1.54) is 24.9 Å². The van der Waals surface area contributed by atoms with Crippen LogP contribution in [0.15, 0.2) is 60.9 Å². The van der Waals surface area contributed by atoms with Gasteiger partial charge in [-0.25, -0.2) is 18.7 Å². The summed E-state index contributed by atoms with van der Waals surface area (Å²) in [7, 11) is 0.832. The van der Waals surface area contributed by atoms with Gasteiger partial charge < -0.3 is 0 Å². The van der Waals surface area contributed by atoms with Gasteiger partial charge >= 0.3 is 11.9 Å². The number of thioether (sulfide) groups is 1. The lowest BCUT2D eigenvalue weighted by Crippen LogP contribution is -2.41. The second-order valence-electron chi connectivity index (χ2n) is 6.68. The van der Waals surface area contributed by atoms with Crippen LogP contribution in [0.1, 0.15) is 12.6 Å². The third kappa shape index (κ3) is 5.50. The first-order valence-corrected chi connectivity index (χ1v) is 11.2. The topological polar surface area (TPSA) is 74.0 Å². The number of hydrogen-bond donors (Lipinski definition) is 0. The minimum Gasteiger partial charge on any atom is -0.299 e. The molecule has 1 aromatic carbocycles. The number of nitrogens with zero attached hydrogens (tertiary/aromatic N) is 3. The van der Waals surface area contributed by atoms with E-state index in [4.69, 9.17) is 11.6 Å². The number of pyridine rings is 1. The number of Topliss-reactive ketones (excluding diaryl/α,β-unsaturated/α-hetero) is 1. The Hall–Kier alpha value is -2.57. The van der Waals surface area contributed by atoms with Crippen molar-refractivity contribution in [1.29, 1.82) is 0 Å². The van der Waals surface area contributed by atoms with Crippen molar-refractivity contribution in [2.75, 3.05) is 5.75 Å². The zero-order valence-electron chi connectivity index (χ0n) is 16.9. The summed E-state index contributed by atoms with van der Waals surface area (Å²) in [5.41, 5.74) is -4.73. The summed E-state index contributed by atoms with van der Waals surface area (Å²) >= 11 is 8.37. The predicted octanol–water partition coefficient (Wildman–Crippen LogP) is 4.57. The molecule has 3 rings (SSSR count). The van der Waals surface area contributed by atoms with Crippen LogP contribution in [0.25, 0.3) is 5.69 Å². The molecule has 0 aliphatic carbocycles. The van der Waals surface area contributed by atoms with E-state index >= 15 is 0 Å². The normalized spacial score (nSPS) is 11.6. The summed E-state index contributed by atoms with van der Waals surface area (Å²) < 4.78 is 54.5. The minimum atomic E-state index is -4.94. The summed E-state index contributed by atoms with van der Waals surface area (Å²) in [5, 5.41) is 0.451. The van der Waals surface area contributed by atoms with Crippen LogP contribution in [0.2, 0.25) is 5.02 Å². The van der Waals surface area contributed by atoms with Gasteiger partial charge in [0.05, 0.1) is 16.5 Å². The molecule has 0 unspecified atom stereocenters. The molecule has 2 aromatic heterocycles. The Bertz CT molecular complexity index is 1360. The van der Waals surface area contributed by atoms with E-state index in [1.54, 1.807) is 12.1 Å². The highest BCUT2D eigenvalue weighted by molar-refractivity contribution is 8.02. The molecule has 0 aliphatic heterocycles. The number of alkyl halides is 3. The molecule has 3 aromatic rings. The van der Waals surface area contributed by atoms with Crippen LogP contribution in [0.5, 0.6) is 0 Å². The SMILES string of the molecule is CC(=O)CSc1ncccc1Sc1cc(-n2c(=O)cc(C(F)(F)F)n(C)c2=O)c(F)cc1Cl. The molecule has 6 nitrogen and oxygen atoms in total. The fraction of sp³-hybridized carbons (Fsp3) is 0.200. The Kier molecular flexibility index (Phi) is 7.39. The smallest absolute Gasteiger partial charge is 0.299 e. The van der Waals surface area contributed by atoms with E-state index < -0.39 is 34.6 Å². The number of carbonyl (C=O) groups is 1. The molecule has 0 radical (unpaired) electrons. The lowest BCUT2D eigenvalue weighted by molar-refractivity contribution is -0.144. The van der Waals surface area contributed by atoms with Crippen molar-refractivity contribution in [2.45, 2.75) is 27.9 Å². The summed E-state index contributed by atoms with van der Waals surface area (Å²) in [6.45, 7) is 1.42. The highest BCUT2D eigenvalue weighted by Gasteiger charge is 2.35. The molecule has 13 heteroatoms. The first kappa shape index (κ1) is 25.1. The van der Waals surface area contributed by atoms with Gasteiger partial charge in [-0.1, -0.05) is 35.1 Å². The summed E-state index contributed by atoms with van der Waals surface area (Å²) in [5.74, 6) is -0.967. The molecule has 0 bridgehead atoms. The third-order valence-corrected chi connectivity index (χ3v) is 7.03. The van der Waals surface area contributed by atoms with Crippen molar-refractivity contribution in [3.05, 3.63) is 73.9 Å². The third-order valence-electron chi connectivity index (χ3n) is 4.22. The molecule has 174 valence electrons. The van der Waals surface area contributed by atoms with Gasteiger partial charge in [0, 0.05) is 29.1 Å². The van der Waals surface area contributed by atoms with Crippen LogP contribution in [-0.2, 0) is 18.0 Å². The zero-order chi connectivity index (χ0) is 24.5. The molecular weight excluding hydrogens is 506 g/mol. The van der Waals surface area contributed by atoms with Gasteiger partial charge in [0.2, 0.25) is 0 Å². The molecular formula is C20H14ClF4N3O3S2. The van der Waals surface area contributed by atoms with Crippen molar-refractivity contribution in [1.82, 2.24) is 14.1 Å². The maximum absolute atomic E-state index is 14.7. The standard InChI is InChI=1S/C20H14ClF4N3O3S2/c1-10(29)9-32-18-14(4-3-5-26-18)33-15-7-13(12(22)6-11(15)21)28-17(30)8-16(20(23,24)25)27(2)19(28)31/h3-8H,9H2,1-2H3. The number of halogens is 5. The molecule has 0 fully saturated rings. The number of hydrogen-bond acceptors (Lipinski definition) is 6. The Morgan fingerprint density at radius 3 is 2.52 bits per heavy atom. The van der Waals surface area contributed by atoms with Gasteiger partial charge in [0.1, 0.15) is 22.3 Å². The second kappa shape index (κ2) is 9.74. The molecule has 0 amide bonds. The quantitative estimate of drug-likeness (QED) is 0.351. The second-order valence-corrected chi connectivity index (χ2v) is 9.13. The first-order chi connectivity index (χ1) is 15.4. The molecule has 0 saturated carbocycles. The van der Waals surface area contributed by atoms with E-state index in [-0.39, 0.29) is 32.1 Å². The lowest BCUT2D eigenvalue weighted by Gasteiger charge is -2.15. The van der Waals surface area contributed by atoms with Crippen molar-refractivity contribution in [3.8, 4) is 5.69 Å². The van der Waals surface area contributed by atoms with Crippen molar-refractivity contribution in [3.63, 3.8) is 0 Å². The number of ketones is 1. The predicted molar refractivity (Wildman–Crippen MR) is 117 cm³/mol. The maximum atomic E-state index is 14.7. The number of benzene rings is 1. The fourth-order valence-electron chi connectivity index (χ4n) is 2.74. The Morgan fingerprint density at radius 1 is 1.18 bits per heavy atom. The van der Waals surface area contributed by atoms with Gasteiger partial charge in [-0.3, -0.25) is 14.2 Å². The maximum Gasteiger partial charge on any atom is 0.431 e. The average Bonchev–Trinajstić information content (AvgIpc) is 2.72.